The van der Waals surface area contributed by atoms with Crippen LogP contribution in [0.1, 0.15) is 18.1 Å². The standard InChI is InChI=1S/C21H15BrCl2N2O/c1-21(12-13-4-6-14(22)7-5-13)18-3-2-8-25-19(18)26(20(21)27)17-10-15(23)9-16(24)11-17/h2-11H,12H2,1H3. The summed E-state index contributed by atoms with van der Waals surface area (Å²) in [7, 11) is 0. The lowest BCUT2D eigenvalue weighted by Crippen LogP contribution is -2.37. The average molecular weight is 462 g/mol. The van der Waals surface area contributed by atoms with Crippen LogP contribution >= 0.6 is 39.1 Å². The average Bonchev–Trinajstić information content (AvgIpc) is 2.84. The lowest BCUT2D eigenvalue weighted by Gasteiger charge is -2.24. The first-order valence-electron chi connectivity index (χ1n) is 8.39. The van der Waals surface area contributed by atoms with Gasteiger partial charge in [0.2, 0.25) is 5.91 Å². The third-order valence-corrected chi connectivity index (χ3v) is 5.81. The molecule has 27 heavy (non-hydrogen) atoms. The summed E-state index contributed by atoms with van der Waals surface area (Å²) in [5.41, 5.74) is 1.87. The number of amides is 1. The van der Waals surface area contributed by atoms with Crippen molar-refractivity contribution in [3.63, 3.8) is 0 Å². The van der Waals surface area contributed by atoms with Crippen LogP contribution in [0.25, 0.3) is 0 Å². The highest BCUT2D eigenvalue weighted by molar-refractivity contribution is 9.10. The van der Waals surface area contributed by atoms with E-state index in [1.807, 2.05) is 43.3 Å². The Balaban J connectivity index is 1.82. The number of pyridine rings is 1. The highest BCUT2D eigenvalue weighted by Crippen LogP contribution is 2.46. The van der Waals surface area contributed by atoms with Gasteiger partial charge >= 0.3 is 0 Å². The summed E-state index contributed by atoms with van der Waals surface area (Å²) in [5, 5.41) is 0.952. The number of nitrogens with zero attached hydrogens (tertiary/aromatic N) is 2. The van der Waals surface area contributed by atoms with Gasteiger partial charge in [-0.3, -0.25) is 9.69 Å². The lowest BCUT2D eigenvalue weighted by atomic mass is 9.79. The van der Waals surface area contributed by atoms with Crippen molar-refractivity contribution in [1.29, 1.82) is 0 Å². The van der Waals surface area contributed by atoms with Crippen LogP contribution in [-0.4, -0.2) is 10.9 Å². The van der Waals surface area contributed by atoms with Gasteiger partial charge in [-0.05, 0) is 55.3 Å². The van der Waals surface area contributed by atoms with Gasteiger partial charge in [-0.2, -0.15) is 0 Å². The van der Waals surface area contributed by atoms with Crippen LogP contribution in [0.5, 0.6) is 0 Å². The Morgan fingerprint density at radius 1 is 1.07 bits per heavy atom. The Hall–Kier alpha value is -1.88. The number of aromatic nitrogens is 1. The largest absolute Gasteiger partial charge is 0.273 e. The first-order valence-corrected chi connectivity index (χ1v) is 9.94. The topological polar surface area (TPSA) is 33.2 Å². The van der Waals surface area contributed by atoms with Crippen LogP contribution in [0.3, 0.4) is 0 Å². The van der Waals surface area contributed by atoms with Gasteiger partial charge in [0.15, 0.2) is 0 Å². The Labute approximate surface area is 176 Å². The SMILES string of the molecule is CC1(Cc2ccc(Br)cc2)C(=O)N(c2cc(Cl)cc(Cl)c2)c2ncccc21. The zero-order valence-electron chi connectivity index (χ0n) is 14.4. The van der Waals surface area contributed by atoms with Crippen molar-refractivity contribution in [3.05, 3.63) is 86.4 Å². The molecule has 0 N–H and O–H groups in total. The van der Waals surface area contributed by atoms with E-state index in [1.165, 1.54) is 0 Å². The van der Waals surface area contributed by atoms with E-state index in [1.54, 1.807) is 29.3 Å². The molecule has 2 heterocycles. The van der Waals surface area contributed by atoms with E-state index in [0.717, 1.165) is 15.6 Å². The summed E-state index contributed by atoms with van der Waals surface area (Å²) in [6.45, 7) is 1.96. The third kappa shape index (κ3) is 3.27. The molecule has 1 unspecified atom stereocenters. The molecule has 2 aromatic carbocycles. The van der Waals surface area contributed by atoms with E-state index in [4.69, 9.17) is 23.2 Å². The fourth-order valence-corrected chi connectivity index (χ4v) is 4.33. The molecule has 0 radical (unpaired) electrons. The van der Waals surface area contributed by atoms with Crippen LogP contribution in [0.2, 0.25) is 10.0 Å². The number of hydrogen-bond acceptors (Lipinski definition) is 2. The molecule has 1 amide bonds. The summed E-state index contributed by atoms with van der Waals surface area (Å²) in [4.78, 5) is 19.7. The fourth-order valence-electron chi connectivity index (χ4n) is 3.55. The number of carbonyl (C=O) groups is 1. The molecule has 0 fully saturated rings. The van der Waals surface area contributed by atoms with Gasteiger partial charge in [0.1, 0.15) is 5.82 Å². The number of fused-ring (bicyclic) bond motifs is 1. The molecule has 1 aliphatic rings. The molecule has 0 aliphatic carbocycles. The Morgan fingerprint density at radius 2 is 1.74 bits per heavy atom. The second kappa shape index (κ2) is 6.93. The molecule has 0 spiro atoms. The molecule has 1 aromatic heterocycles. The molecule has 6 heteroatoms. The first kappa shape index (κ1) is 18.5. The smallest absolute Gasteiger partial charge is 0.243 e. The number of anilines is 2. The molecule has 136 valence electrons. The summed E-state index contributed by atoms with van der Waals surface area (Å²) in [6.07, 6.45) is 2.26. The van der Waals surface area contributed by atoms with Crippen LogP contribution in [0.15, 0.2) is 65.3 Å². The minimum Gasteiger partial charge on any atom is -0.273 e. The Morgan fingerprint density at radius 3 is 2.41 bits per heavy atom. The van der Waals surface area contributed by atoms with Crippen molar-refractivity contribution in [2.45, 2.75) is 18.8 Å². The lowest BCUT2D eigenvalue weighted by molar-refractivity contribution is -0.121. The van der Waals surface area contributed by atoms with Crippen molar-refractivity contribution in [2.24, 2.45) is 0 Å². The van der Waals surface area contributed by atoms with Crippen molar-refractivity contribution in [2.75, 3.05) is 4.90 Å². The van der Waals surface area contributed by atoms with Gasteiger partial charge in [-0.15, -0.1) is 0 Å². The number of rotatable bonds is 3. The molecule has 1 atom stereocenters. The zero-order valence-corrected chi connectivity index (χ0v) is 17.5. The molecular weight excluding hydrogens is 447 g/mol. The maximum Gasteiger partial charge on any atom is 0.243 e. The molecular formula is C21H15BrCl2N2O. The van der Waals surface area contributed by atoms with E-state index in [9.17, 15) is 4.79 Å². The van der Waals surface area contributed by atoms with Crippen LogP contribution < -0.4 is 4.90 Å². The Bertz CT molecular complexity index is 1020. The maximum atomic E-state index is 13.6. The summed E-state index contributed by atoms with van der Waals surface area (Å²) in [5.74, 6) is 0.581. The fraction of sp³-hybridized carbons (Fsp3) is 0.143. The van der Waals surface area contributed by atoms with Gasteiger partial charge in [0.05, 0.1) is 11.1 Å². The summed E-state index contributed by atoms with van der Waals surface area (Å²) < 4.78 is 1.01. The summed E-state index contributed by atoms with van der Waals surface area (Å²) >= 11 is 15.8. The molecule has 0 saturated carbocycles. The van der Waals surface area contributed by atoms with Gasteiger partial charge in [0.25, 0.3) is 0 Å². The predicted octanol–water partition coefficient (Wildman–Crippen LogP) is 6.33. The zero-order chi connectivity index (χ0) is 19.2. The highest BCUT2D eigenvalue weighted by atomic mass is 79.9. The summed E-state index contributed by atoms with van der Waals surface area (Å²) in [6, 6.07) is 17.0. The number of halogens is 3. The minimum atomic E-state index is -0.730. The molecule has 3 nitrogen and oxygen atoms in total. The predicted molar refractivity (Wildman–Crippen MR) is 113 cm³/mol. The monoisotopic (exact) mass is 460 g/mol. The van der Waals surface area contributed by atoms with E-state index in [-0.39, 0.29) is 5.91 Å². The van der Waals surface area contributed by atoms with E-state index >= 15 is 0 Å². The van der Waals surface area contributed by atoms with Crippen molar-refractivity contribution in [1.82, 2.24) is 4.98 Å². The first-order chi connectivity index (χ1) is 12.9. The Kier molecular flexibility index (Phi) is 4.75. The van der Waals surface area contributed by atoms with Crippen LogP contribution in [-0.2, 0) is 16.6 Å². The van der Waals surface area contributed by atoms with E-state index in [2.05, 4.69) is 20.9 Å². The second-order valence-corrected chi connectivity index (χ2v) is 8.57. The molecule has 0 bridgehead atoms. The van der Waals surface area contributed by atoms with Gasteiger partial charge in [-0.1, -0.05) is 57.3 Å². The highest BCUT2D eigenvalue weighted by Gasteiger charge is 2.48. The number of carbonyl (C=O) groups excluding carboxylic acids is 1. The number of hydrogen-bond donors (Lipinski definition) is 0. The normalized spacial score (nSPS) is 18.7. The quantitative estimate of drug-likeness (QED) is 0.456. The second-order valence-electron chi connectivity index (χ2n) is 6.78. The molecule has 4 rings (SSSR count). The van der Waals surface area contributed by atoms with E-state index < -0.39 is 5.41 Å². The van der Waals surface area contributed by atoms with Crippen molar-refractivity contribution >= 4 is 56.5 Å². The van der Waals surface area contributed by atoms with Gasteiger partial charge < -0.3 is 0 Å². The van der Waals surface area contributed by atoms with Crippen molar-refractivity contribution in [3.8, 4) is 0 Å². The molecule has 0 saturated heterocycles. The van der Waals surface area contributed by atoms with Crippen LogP contribution in [0, 0.1) is 0 Å². The molecule has 3 aromatic rings. The van der Waals surface area contributed by atoms with Gasteiger partial charge in [0, 0.05) is 26.3 Å². The number of benzene rings is 2. The third-order valence-electron chi connectivity index (χ3n) is 4.84. The van der Waals surface area contributed by atoms with Crippen LogP contribution in [0.4, 0.5) is 11.5 Å². The van der Waals surface area contributed by atoms with E-state index in [0.29, 0.717) is 28.0 Å². The van der Waals surface area contributed by atoms with Gasteiger partial charge in [-0.25, -0.2) is 4.98 Å². The molecule has 1 aliphatic heterocycles. The maximum absolute atomic E-state index is 13.6. The van der Waals surface area contributed by atoms with Crippen molar-refractivity contribution < 1.29 is 4.79 Å². The minimum absolute atomic E-state index is 0.0440.